The van der Waals surface area contributed by atoms with Gasteiger partial charge in [0.05, 0.1) is 4.21 Å². The molecule has 0 aliphatic rings. The molecule has 0 aromatic carbocycles. The van der Waals surface area contributed by atoms with Crippen LogP contribution in [0.2, 0.25) is 0 Å². The van der Waals surface area contributed by atoms with Crippen LogP contribution in [0.5, 0.6) is 0 Å². The van der Waals surface area contributed by atoms with E-state index in [2.05, 4.69) is 17.5 Å². The van der Waals surface area contributed by atoms with Crippen LogP contribution in [0.4, 0.5) is 0 Å². The number of unbranched alkanes of at least 4 members (excludes halogenated alkanes) is 1. The molecule has 1 aromatic heterocycles. The maximum absolute atomic E-state index is 5.38. The normalized spacial score (nSPS) is 10.3. The molecular formula is C8H13NS2. The Labute approximate surface area is 76.0 Å². The molecular weight excluding hydrogens is 174 g/mol. The Bertz CT molecular complexity index is 172. The van der Waals surface area contributed by atoms with E-state index >= 15 is 0 Å². The van der Waals surface area contributed by atoms with Crippen molar-refractivity contribution in [1.29, 1.82) is 0 Å². The standard InChI is InChI=1S/C8H13NS2/c9-5-1-2-6-10-8-4-3-7-11-8/h3-4,7H,1-2,5-6,9H2. The summed E-state index contributed by atoms with van der Waals surface area (Å²) >= 11 is 3.74. The lowest BCUT2D eigenvalue weighted by atomic mass is 10.3. The van der Waals surface area contributed by atoms with Gasteiger partial charge in [0.1, 0.15) is 0 Å². The summed E-state index contributed by atoms with van der Waals surface area (Å²) in [5, 5.41) is 2.12. The first kappa shape index (κ1) is 9.10. The molecule has 62 valence electrons. The fourth-order valence-electron chi connectivity index (χ4n) is 0.765. The molecule has 0 radical (unpaired) electrons. The van der Waals surface area contributed by atoms with Gasteiger partial charge in [-0.1, -0.05) is 6.07 Å². The monoisotopic (exact) mass is 187 g/mol. The van der Waals surface area contributed by atoms with E-state index < -0.39 is 0 Å². The summed E-state index contributed by atoms with van der Waals surface area (Å²) in [6, 6.07) is 4.26. The second kappa shape index (κ2) is 5.63. The van der Waals surface area contributed by atoms with Crippen molar-refractivity contribution in [2.24, 2.45) is 5.73 Å². The molecule has 0 aliphatic carbocycles. The highest BCUT2D eigenvalue weighted by molar-refractivity contribution is 8.01. The molecule has 0 unspecified atom stereocenters. The zero-order valence-electron chi connectivity index (χ0n) is 6.45. The summed E-state index contributed by atoms with van der Waals surface area (Å²) in [7, 11) is 0. The van der Waals surface area contributed by atoms with Gasteiger partial charge in [-0.3, -0.25) is 0 Å². The van der Waals surface area contributed by atoms with E-state index in [4.69, 9.17) is 5.73 Å². The SMILES string of the molecule is NCCCCSc1cccs1. The van der Waals surface area contributed by atoms with E-state index in [0.29, 0.717) is 0 Å². The van der Waals surface area contributed by atoms with Crippen molar-refractivity contribution in [3.8, 4) is 0 Å². The zero-order chi connectivity index (χ0) is 7.94. The highest BCUT2D eigenvalue weighted by Gasteiger charge is 1.92. The lowest BCUT2D eigenvalue weighted by molar-refractivity contribution is 0.815. The average Bonchev–Trinajstić information content (AvgIpc) is 2.50. The van der Waals surface area contributed by atoms with Gasteiger partial charge >= 0.3 is 0 Å². The lowest BCUT2D eigenvalue weighted by Gasteiger charge is -1.95. The first-order chi connectivity index (χ1) is 5.43. The molecule has 1 aromatic rings. The number of thioether (sulfide) groups is 1. The molecule has 1 heterocycles. The molecule has 2 N–H and O–H groups in total. The summed E-state index contributed by atoms with van der Waals surface area (Å²) in [4.78, 5) is 0. The molecule has 0 fully saturated rings. The Hall–Kier alpha value is 0.01000. The predicted molar refractivity (Wildman–Crippen MR) is 53.3 cm³/mol. The number of hydrogen-bond donors (Lipinski definition) is 1. The Morgan fingerprint density at radius 2 is 2.36 bits per heavy atom. The van der Waals surface area contributed by atoms with Gasteiger partial charge in [-0.25, -0.2) is 0 Å². The van der Waals surface area contributed by atoms with E-state index in [0.717, 1.165) is 13.0 Å². The summed E-state index contributed by atoms with van der Waals surface area (Å²) < 4.78 is 1.42. The molecule has 0 atom stereocenters. The molecule has 0 spiro atoms. The quantitative estimate of drug-likeness (QED) is 0.566. The molecule has 3 heteroatoms. The van der Waals surface area contributed by atoms with E-state index in [-0.39, 0.29) is 0 Å². The Morgan fingerprint density at radius 1 is 1.45 bits per heavy atom. The van der Waals surface area contributed by atoms with Gasteiger partial charge in [-0.05, 0) is 36.6 Å². The lowest BCUT2D eigenvalue weighted by Crippen LogP contribution is -1.98. The third-order valence-electron chi connectivity index (χ3n) is 1.34. The van der Waals surface area contributed by atoms with Gasteiger partial charge in [-0.15, -0.1) is 23.1 Å². The van der Waals surface area contributed by atoms with Crippen LogP contribution >= 0.6 is 23.1 Å². The summed E-state index contributed by atoms with van der Waals surface area (Å²) in [5.74, 6) is 1.21. The second-order valence-electron chi connectivity index (χ2n) is 2.28. The van der Waals surface area contributed by atoms with Crippen molar-refractivity contribution < 1.29 is 0 Å². The third-order valence-corrected chi connectivity index (χ3v) is 3.56. The number of thiophene rings is 1. The second-order valence-corrected chi connectivity index (χ2v) is 4.62. The number of nitrogens with two attached hydrogens (primary N) is 1. The van der Waals surface area contributed by atoms with Crippen molar-refractivity contribution in [3.05, 3.63) is 17.5 Å². The van der Waals surface area contributed by atoms with E-state index in [9.17, 15) is 0 Å². The van der Waals surface area contributed by atoms with Crippen LogP contribution in [0.1, 0.15) is 12.8 Å². The van der Waals surface area contributed by atoms with Gasteiger partial charge < -0.3 is 5.73 Å². The van der Waals surface area contributed by atoms with Crippen LogP contribution in [0.15, 0.2) is 21.7 Å². The largest absolute Gasteiger partial charge is 0.330 e. The summed E-state index contributed by atoms with van der Waals surface area (Å²) in [6.07, 6.45) is 2.39. The highest BCUT2D eigenvalue weighted by atomic mass is 32.2. The minimum atomic E-state index is 0.824. The zero-order valence-corrected chi connectivity index (χ0v) is 8.09. The fraction of sp³-hybridized carbons (Fsp3) is 0.500. The summed E-state index contributed by atoms with van der Waals surface area (Å²) in [6.45, 7) is 0.824. The van der Waals surface area contributed by atoms with Crippen molar-refractivity contribution in [2.75, 3.05) is 12.3 Å². The van der Waals surface area contributed by atoms with Crippen LogP contribution < -0.4 is 5.73 Å². The van der Waals surface area contributed by atoms with Crippen LogP contribution in [0.25, 0.3) is 0 Å². The predicted octanol–water partition coefficient (Wildman–Crippen LogP) is 2.58. The summed E-state index contributed by atoms with van der Waals surface area (Å²) in [5.41, 5.74) is 5.38. The van der Waals surface area contributed by atoms with Crippen LogP contribution in [-0.4, -0.2) is 12.3 Å². The maximum atomic E-state index is 5.38. The van der Waals surface area contributed by atoms with Crippen LogP contribution in [0, 0.1) is 0 Å². The fourth-order valence-corrected chi connectivity index (χ4v) is 2.63. The Morgan fingerprint density at radius 3 is 3.00 bits per heavy atom. The van der Waals surface area contributed by atoms with Gasteiger partial charge in [0.15, 0.2) is 0 Å². The molecule has 0 amide bonds. The van der Waals surface area contributed by atoms with Crippen molar-refractivity contribution in [3.63, 3.8) is 0 Å². The molecule has 1 nitrogen and oxygen atoms in total. The minimum absolute atomic E-state index is 0.824. The maximum Gasteiger partial charge on any atom is 0.0598 e. The molecule has 0 saturated carbocycles. The van der Waals surface area contributed by atoms with Crippen molar-refractivity contribution >= 4 is 23.1 Å². The van der Waals surface area contributed by atoms with Gasteiger partial charge in [0.2, 0.25) is 0 Å². The number of rotatable bonds is 5. The Balaban J connectivity index is 2.04. The first-order valence-corrected chi connectivity index (χ1v) is 5.66. The first-order valence-electron chi connectivity index (χ1n) is 3.80. The van der Waals surface area contributed by atoms with E-state index in [1.807, 2.05) is 23.1 Å². The number of hydrogen-bond acceptors (Lipinski definition) is 3. The minimum Gasteiger partial charge on any atom is -0.330 e. The van der Waals surface area contributed by atoms with Crippen molar-refractivity contribution in [2.45, 2.75) is 17.1 Å². The van der Waals surface area contributed by atoms with E-state index in [1.54, 1.807) is 0 Å². The average molecular weight is 187 g/mol. The molecule has 0 aliphatic heterocycles. The highest BCUT2D eigenvalue weighted by Crippen LogP contribution is 2.23. The van der Waals surface area contributed by atoms with Crippen LogP contribution in [0.3, 0.4) is 0 Å². The topological polar surface area (TPSA) is 26.0 Å². The smallest absolute Gasteiger partial charge is 0.0598 e. The third kappa shape index (κ3) is 3.79. The molecule has 0 bridgehead atoms. The molecule has 1 rings (SSSR count). The van der Waals surface area contributed by atoms with Gasteiger partial charge in [-0.2, -0.15) is 0 Å². The van der Waals surface area contributed by atoms with Crippen LogP contribution in [-0.2, 0) is 0 Å². The van der Waals surface area contributed by atoms with E-state index in [1.165, 1.54) is 16.4 Å². The van der Waals surface area contributed by atoms with Crippen molar-refractivity contribution in [1.82, 2.24) is 0 Å². The molecule has 0 saturated heterocycles. The molecule has 11 heavy (non-hydrogen) atoms. The Kier molecular flexibility index (Phi) is 4.66. The van der Waals surface area contributed by atoms with Gasteiger partial charge in [0, 0.05) is 0 Å². The van der Waals surface area contributed by atoms with Gasteiger partial charge in [0.25, 0.3) is 0 Å².